The Bertz CT molecular complexity index is 720. The second-order valence-electron chi connectivity index (χ2n) is 5.96. The third-order valence-corrected chi connectivity index (χ3v) is 3.94. The molecule has 2 aromatic heterocycles. The summed E-state index contributed by atoms with van der Waals surface area (Å²) in [6, 6.07) is 4.11. The SMILES string of the molecule is Cc1nc2c(c(=O)[nH]1)CN(Cc1ccc(N(C)C)nc1)CC2. The van der Waals surface area contributed by atoms with E-state index in [1.165, 1.54) is 0 Å². The summed E-state index contributed by atoms with van der Waals surface area (Å²) in [6.45, 7) is 4.19. The first-order chi connectivity index (χ1) is 10.5. The molecule has 0 unspecified atom stereocenters. The number of aryl methyl sites for hydroxylation is 1. The monoisotopic (exact) mass is 299 g/mol. The number of hydrogen-bond donors (Lipinski definition) is 1. The van der Waals surface area contributed by atoms with E-state index in [-0.39, 0.29) is 5.56 Å². The summed E-state index contributed by atoms with van der Waals surface area (Å²) in [5.41, 5.74) is 2.90. The minimum atomic E-state index is -0.00622. The second-order valence-corrected chi connectivity index (χ2v) is 5.96. The van der Waals surface area contributed by atoms with Crippen molar-refractivity contribution in [3.8, 4) is 0 Å². The lowest BCUT2D eigenvalue weighted by atomic mass is 10.1. The van der Waals surface area contributed by atoms with Crippen molar-refractivity contribution in [3.63, 3.8) is 0 Å². The Kier molecular flexibility index (Phi) is 3.94. The number of H-pyrrole nitrogens is 1. The van der Waals surface area contributed by atoms with E-state index in [0.29, 0.717) is 12.4 Å². The van der Waals surface area contributed by atoms with Crippen molar-refractivity contribution < 1.29 is 0 Å². The first-order valence-electron chi connectivity index (χ1n) is 7.46. The number of fused-ring (bicyclic) bond motifs is 1. The Labute approximate surface area is 129 Å². The molecule has 0 spiro atoms. The van der Waals surface area contributed by atoms with Crippen molar-refractivity contribution in [2.45, 2.75) is 26.4 Å². The summed E-state index contributed by atoms with van der Waals surface area (Å²) in [5.74, 6) is 1.64. The van der Waals surface area contributed by atoms with Gasteiger partial charge >= 0.3 is 0 Å². The molecule has 0 aliphatic carbocycles. The van der Waals surface area contributed by atoms with Crippen molar-refractivity contribution in [1.29, 1.82) is 0 Å². The van der Waals surface area contributed by atoms with Crippen LogP contribution in [0.4, 0.5) is 5.82 Å². The maximum Gasteiger partial charge on any atom is 0.255 e. The van der Waals surface area contributed by atoms with E-state index in [1.54, 1.807) is 0 Å². The highest BCUT2D eigenvalue weighted by molar-refractivity contribution is 5.37. The van der Waals surface area contributed by atoms with Crippen LogP contribution in [0, 0.1) is 6.92 Å². The molecule has 1 aliphatic rings. The summed E-state index contributed by atoms with van der Waals surface area (Å²) in [7, 11) is 3.95. The molecule has 2 aromatic rings. The Balaban J connectivity index is 1.74. The van der Waals surface area contributed by atoms with Gasteiger partial charge in [0.2, 0.25) is 0 Å². The van der Waals surface area contributed by atoms with Crippen molar-refractivity contribution in [2.24, 2.45) is 0 Å². The van der Waals surface area contributed by atoms with Crippen LogP contribution in [0.25, 0.3) is 0 Å². The van der Waals surface area contributed by atoms with E-state index in [1.807, 2.05) is 38.2 Å². The number of anilines is 1. The summed E-state index contributed by atoms with van der Waals surface area (Å²) < 4.78 is 0. The smallest absolute Gasteiger partial charge is 0.255 e. The van der Waals surface area contributed by atoms with Crippen LogP contribution in [0.1, 0.15) is 22.6 Å². The maximum absolute atomic E-state index is 12.1. The fourth-order valence-corrected chi connectivity index (χ4v) is 2.77. The van der Waals surface area contributed by atoms with Crippen molar-refractivity contribution >= 4 is 5.82 Å². The zero-order chi connectivity index (χ0) is 15.7. The standard InChI is InChI=1S/C16H21N5O/c1-11-18-14-6-7-21(10-13(14)16(22)19-11)9-12-4-5-15(17-8-12)20(2)3/h4-5,8H,6-7,9-10H2,1-3H3,(H,18,19,22). The Hall–Kier alpha value is -2.21. The van der Waals surface area contributed by atoms with E-state index in [2.05, 4.69) is 25.9 Å². The Morgan fingerprint density at radius 1 is 1.36 bits per heavy atom. The predicted octanol–water partition coefficient (Wildman–Crippen LogP) is 1.10. The number of aromatic nitrogens is 3. The molecule has 0 bridgehead atoms. The van der Waals surface area contributed by atoms with Gasteiger partial charge in [0.05, 0.1) is 11.3 Å². The fourth-order valence-electron chi connectivity index (χ4n) is 2.77. The lowest BCUT2D eigenvalue weighted by molar-refractivity contribution is 0.241. The Morgan fingerprint density at radius 3 is 2.86 bits per heavy atom. The first-order valence-corrected chi connectivity index (χ1v) is 7.46. The zero-order valence-electron chi connectivity index (χ0n) is 13.3. The highest BCUT2D eigenvalue weighted by Crippen LogP contribution is 2.17. The van der Waals surface area contributed by atoms with E-state index in [0.717, 1.165) is 42.1 Å². The largest absolute Gasteiger partial charge is 0.363 e. The molecule has 0 amide bonds. The first kappa shape index (κ1) is 14.7. The molecule has 0 saturated carbocycles. The summed E-state index contributed by atoms with van der Waals surface area (Å²) in [5, 5.41) is 0. The van der Waals surface area contributed by atoms with Crippen LogP contribution in [0.3, 0.4) is 0 Å². The number of hydrogen-bond acceptors (Lipinski definition) is 5. The number of rotatable bonds is 3. The van der Waals surface area contributed by atoms with Gasteiger partial charge in [-0.3, -0.25) is 9.69 Å². The Morgan fingerprint density at radius 2 is 2.18 bits per heavy atom. The van der Waals surface area contributed by atoms with Crippen molar-refractivity contribution in [2.75, 3.05) is 25.5 Å². The number of aromatic amines is 1. The topological polar surface area (TPSA) is 65.1 Å². The van der Waals surface area contributed by atoms with Gasteiger partial charge in [-0.15, -0.1) is 0 Å². The molecule has 0 radical (unpaired) electrons. The zero-order valence-corrected chi connectivity index (χ0v) is 13.3. The number of pyridine rings is 1. The molecule has 22 heavy (non-hydrogen) atoms. The van der Waals surface area contributed by atoms with Gasteiger partial charge in [-0.2, -0.15) is 0 Å². The van der Waals surface area contributed by atoms with Gasteiger partial charge in [0.1, 0.15) is 11.6 Å². The van der Waals surface area contributed by atoms with E-state index in [4.69, 9.17) is 0 Å². The highest BCUT2D eigenvalue weighted by Gasteiger charge is 2.20. The third kappa shape index (κ3) is 3.01. The normalized spacial score (nSPS) is 14.7. The molecule has 0 aromatic carbocycles. The van der Waals surface area contributed by atoms with Gasteiger partial charge < -0.3 is 9.88 Å². The van der Waals surface area contributed by atoms with Gasteiger partial charge in [-0.1, -0.05) is 6.07 Å². The van der Waals surface area contributed by atoms with Gasteiger partial charge in [0.15, 0.2) is 0 Å². The van der Waals surface area contributed by atoms with Crippen molar-refractivity contribution in [1.82, 2.24) is 19.9 Å². The average molecular weight is 299 g/mol. The van der Waals surface area contributed by atoms with Crippen LogP contribution in [-0.2, 0) is 19.5 Å². The quantitative estimate of drug-likeness (QED) is 0.919. The van der Waals surface area contributed by atoms with Crippen LogP contribution in [-0.4, -0.2) is 40.5 Å². The van der Waals surface area contributed by atoms with Crippen molar-refractivity contribution in [3.05, 3.63) is 51.3 Å². The molecule has 0 atom stereocenters. The molecule has 6 heteroatoms. The molecule has 0 saturated heterocycles. The van der Waals surface area contributed by atoms with Gasteiger partial charge in [-0.05, 0) is 18.6 Å². The van der Waals surface area contributed by atoms with Crippen LogP contribution in [0.2, 0.25) is 0 Å². The lowest BCUT2D eigenvalue weighted by Crippen LogP contribution is -2.35. The molecular weight excluding hydrogens is 278 g/mol. The molecule has 3 heterocycles. The summed E-state index contributed by atoms with van der Waals surface area (Å²) >= 11 is 0. The molecule has 0 fully saturated rings. The van der Waals surface area contributed by atoms with Crippen LogP contribution < -0.4 is 10.5 Å². The van der Waals surface area contributed by atoms with E-state index >= 15 is 0 Å². The molecule has 6 nitrogen and oxygen atoms in total. The van der Waals surface area contributed by atoms with Gasteiger partial charge in [0, 0.05) is 46.3 Å². The predicted molar refractivity (Wildman–Crippen MR) is 86.0 cm³/mol. The summed E-state index contributed by atoms with van der Waals surface area (Å²) in [6.07, 6.45) is 2.73. The molecule has 1 aliphatic heterocycles. The number of nitrogens with one attached hydrogen (secondary N) is 1. The highest BCUT2D eigenvalue weighted by atomic mass is 16.1. The second kappa shape index (κ2) is 5.88. The molecular formula is C16H21N5O. The average Bonchev–Trinajstić information content (AvgIpc) is 2.48. The molecule has 116 valence electrons. The van der Waals surface area contributed by atoms with E-state index in [9.17, 15) is 4.79 Å². The molecule has 1 N–H and O–H groups in total. The van der Waals surface area contributed by atoms with Crippen LogP contribution >= 0.6 is 0 Å². The van der Waals surface area contributed by atoms with Gasteiger partial charge in [-0.25, -0.2) is 9.97 Å². The van der Waals surface area contributed by atoms with Crippen LogP contribution in [0.15, 0.2) is 23.1 Å². The maximum atomic E-state index is 12.1. The minimum absolute atomic E-state index is 0.00622. The van der Waals surface area contributed by atoms with Crippen LogP contribution in [0.5, 0.6) is 0 Å². The third-order valence-electron chi connectivity index (χ3n) is 3.94. The van der Waals surface area contributed by atoms with Gasteiger partial charge in [0.25, 0.3) is 5.56 Å². The number of nitrogens with zero attached hydrogens (tertiary/aromatic N) is 4. The summed E-state index contributed by atoms with van der Waals surface area (Å²) in [4.78, 5) is 28.0. The fraction of sp³-hybridized carbons (Fsp3) is 0.438. The molecule has 3 rings (SSSR count). The van der Waals surface area contributed by atoms with E-state index < -0.39 is 0 Å². The minimum Gasteiger partial charge on any atom is -0.363 e. The lowest BCUT2D eigenvalue weighted by Gasteiger charge is -2.27.